The van der Waals surface area contributed by atoms with E-state index >= 15 is 0 Å². The smallest absolute Gasteiger partial charge is 0.345 e. The fourth-order valence-corrected chi connectivity index (χ4v) is 2.53. The van der Waals surface area contributed by atoms with Crippen LogP contribution in [0.4, 0.5) is 10.1 Å². The first kappa shape index (κ1) is 13.7. The number of aliphatic carboxylic acids is 1. The molecule has 104 valence electrons. The van der Waals surface area contributed by atoms with E-state index in [1.165, 1.54) is 0 Å². The molecule has 1 aliphatic rings. The molecule has 0 saturated carbocycles. The van der Waals surface area contributed by atoms with E-state index in [4.69, 9.17) is 4.74 Å². The van der Waals surface area contributed by atoms with Crippen LogP contribution >= 0.6 is 11.3 Å². The molecule has 1 aromatic heterocycles. The van der Waals surface area contributed by atoms with Gasteiger partial charge in [-0.1, -0.05) is 0 Å². The van der Waals surface area contributed by atoms with Crippen LogP contribution in [0.15, 0.2) is 6.20 Å². The van der Waals surface area contributed by atoms with Gasteiger partial charge in [-0.25, -0.2) is 4.98 Å². The molecule has 1 aromatic rings. The standard InChI is InChI=1S/C10H13N3O5S/c14-8(15)10(1-3-18-4-2-10)6-12-9-11-5-7(19-9)13(16)17/h5H,1-4,6H2,(H,11,12)(H,14,15). The van der Waals surface area contributed by atoms with Gasteiger partial charge in [0.1, 0.15) is 6.20 Å². The molecule has 19 heavy (non-hydrogen) atoms. The van der Waals surface area contributed by atoms with Gasteiger partial charge in [0.15, 0.2) is 5.13 Å². The number of carboxylic acid groups (broad SMARTS) is 1. The Balaban J connectivity index is 2.02. The minimum atomic E-state index is -0.890. The Morgan fingerprint density at radius 3 is 2.84 bits per heavy atom. The van der Waals surface area contributed by atoms with E-state index in [0.29, 0.717) is 31.2 Å². The number of ether oxygens (including phenoxy) is 1. The zero-order valence-corrected chi connectivity index (χ0v) is 10.8. The quantitative estimate of drug-likeness (QED) is 0.620. The Bertz CT molecular complexity index is 483. The van der Waals surface area contributed by atoms with Crippen LogP contribution < -0.4 is 5.32 Å². The van der Waals surface area contributed by atoms with Crippen molar-refractivity contribution in [2.75, 3.05) is 25.1 Å². The summed E-state index contributed by atoms with van der Waals surface area (Å²) in [5.41, 5.74) is -0.890. The number of carbonyl (C=O) groups is 1. The van der Waals surface area contributed by atoms with Gasteiger partial charge in [-0.05, 0) is 24.2 Å². The van der Waals surface area contributed by atoms with E-state index < -0.39 is 16.3 Å². The number of aromatic nitrogens is 1. The van der Waals surface area contributed by atoms with Gasteiger partial charge < -0.3 is 15.2 Å². The van der Waals surface area contributed by atoms with Crippen molar-refractivity contribution in [1.82, 2.24) is 4.98 Å². The van der Waals surface area contributed by atoms with E-state index in [-0.39, 0.29) is 11.5 Å². The minimum absolute atomic E-state index is 0.0705. The molecule has 0 aliphatic carbocycles. The van der Waals surface area contributed by atoms with Crippen LogP contribution in [0, 0.1) is 15.5 Å². The van der Waals surface area contributed by atoms with Crippen LogP contribution in [0.5, 0.6) is 0 Å². The monoisotopic (exact) mass is 287 g/mol. The molecule has 1 saturated heterocycles. The van der Waals surface area contributed by atoms with Crippen molar-refractivity contribution >= 4 is 27.4 Å². The lowest BCUT2D eigenvalue weighted by atomic mass is 9.80. The van der Waals surface area contributed by atoms with Crippen molar-refractivity contribution in [3.8, 4) is 0 Å². The summed E-state index contributed by atoms with van der Waals surface area (Å²) in [6.07, 6.45) is 2.00. The molecule has 0 spiro atoms. The molecule has 0 aromatic carbocycles. The molecule has 2 heterocycles. The van der Waals surface area contributed by atoms with Gasteiger partial charge in [-0.3, -0.25) is 14.9 Å². The highest BCUT2D eigenvalue weighted by molar-refractivity contribution is 7.18. The van der Waals surface area contributed by atoms with E-state index in [1.807, 2.05) is 0 Å². The number of nitro groups is 1. The van der Waals surface area contributed by atoms with Crippen molar-refractivity contribution < 1.29 is 19.6 Å². The fraction of sp³-hybridized carbons (Fsp3) is 0.600. The van der Waals surface area contributed by atoms with E-state index in [0.717, 1.165) is 17.5 Å². The maximum atomic E-state index is 11.4. The molecule has 0 amide bonds. The summed E-state index contributed by atoms with van der Waals surface area (Å²) in [6, 6.07) is 0. The highest BCUT2D eigenvalue weighted by Crippen LogP contribution is 2.32. The molecule has 0 bridgehead atoms. The SMILES string of the molecule is O=C(O)C1(CNc2ncc([N+](=O)[O-])s2)CCOCC1. The highest BCUT2D eigenvalue weighted by Gasteiger charge is 2.40. The lowest BCUT2D eigenvalue weighted by molar-refractivity contribution is -0.380. The molecule has 1 aliphatic heterocycles. The summed E-state index contributed by atoms with van der Waals surface area (Å²) in [6.45, 7) is 1.01. The summed E-state index contributed by atoms with van der Waals surface area (Å²) >= 11 is 0.894. The van der Waals surface area contributed by atoms with Gasteiger partial charge in [-0.15, -0.1) is 0 Å². The van der Waals surface area contributed by atoms with Gasteiger partial charge in [0.2, 0.25) is 0 Å². The number of nitrogens with one attached hydrogen (secondary N) is 1. The lowest BCUT2D eigenvalue weighted by Gasteiger charge is -2.32. The lowest BCUT2D eigenvalue weighted by Crippen LogP contribution is -2.42. The van der Waals surface area contributed by atoms with Gasteiger partial charge in [0.25, 0.3) is 0 Å². The predicted octanol–water partition coefficient (Wildman–Crippen LogP) is 1.34. The Morgan fingerprint density at radius 2 is 2.32 bits per heavy atom. The van der Waals surface area contributed by atoms with Crippen molar-refractivity contribution in [3.05, 3.63) is 16.3 Å². The van der Waals surface area contributed by atoms with Crippen molar-refractivity contribution in [2.45, 2.75) is 12.8 Å². The zero-order valence-electron chi connectivity index (χ0n) is 10.00. The average molecular weight is 287 g/mol. The van der Waals surface area contributed by atoms with Gasteiger partial charge in [-0.2, -0.15) is 0 Å². The summed E-state index contributed by atoms with van der Waals surface area (Å²) < 4.78 is 5.17. The molecular weight excluding hydrogens is 274 g/mol. The van der Waals surface area contributed by atoms with Crippen LogP contribution in [-0.4, -0.2) is 40.7 Å². The fourth-order valence-electron chi connectivity index (χ4n) is 1.90. The zero-order chi connectivity index (χ0) is 13.9. The number of anilines is 1. The van der Waals surface area contributed by atoms with E-state index in [9.17, 15) is 20.0 Å². The Kier molecular flexibility index (Phi) is 3.96. The van der Waals surface area contributed by atoms with Gasteiger partial charge >= 0.3 is 11.0 Å². The van der Waals surface area contributed by atoms with Crippen LogP contribution in [0.3, 0.4) is 0 Å². The second-order valence-electron chi connectivity index (χ2n) is 4.31. The van der Waals surface area contributed by atoms with Crippen LogP contribution in [0.1, 0.15) is 12.8 Å². The summed E-state index contributed by atoms with van der Waals surface area (Å²) in [5.74, 6) is -0.880. The molecule has 0 atom stereocenters. The topological polar surface area (TPSA) is 115 Å². The maximum absolute atomic E-state index is 11.4. The van der Waals surface area contributed by atoms with Gasteiger partial charge in [0.05, 0.1) is 10.3 Å². The normalized spacial score (nSPS) is 17.9. The summed E-state index contributed by atoms with van der Waals surface area (Å²) in [4.78, 5) is 25.2. The van der Waals surface area contributed by atoms with Crippen LogP contribution in [0.25, 0.3) is 0 Å². The first-order chi connectivity index (χ1) is 9.03. The van der Waals surface area contributed by atoms with E-state index in [2.05, 4.69) is 10.3 Å². The summed E-state index contributed by atoms with van der Waals surface area (Å²) in [5, 5.41) is 23.0. The van der Waals surface area contributed by atoms with Crippen molar-refractivity contribution in [2.24, 2.45) is 5.41 Å². The minimum Gasteiger partial charge on any atom is -0.481 e. The third-order valence-electron chi connectivity index (χ3n) is 3.16. The predicted molar refractivity (Wildman–Crippen MR) is 67.4 cm³/mol. The number of hydrogen-bond acceptors (Lipinski definition) is 7. The Labute approximate surface area is 112 Å². The molecule has 0 radical (unpaired) electrons. The Morgan fingerprint density at radius 1 is 1.63 bits per heavy atom. The number of hydrogen-bond donors (Lipinski definition) is 2. The molecule has 0 unspecified atom stereocenters. The Hall–Kier alpha value is -1.74. The number of carboxylic acids is 1. The highest BCUT2D eigenvalue weighted by atomic mass is 32.1. The first-order valence-electron chi connectivity index (χ1n) is 5.69. The van der Waals surface area contributed by atoms with Crippen LogP contribution in [-0.2, 0) is 9.53 Å². The van der Waals surface area contributed by atoms with Gasteiger partial charge in [0, 0.05) is 19.8 Å². The largest absolute Gasteiger partial charge is 0.481 e. The number of nitrogens with zero attached hydrogens (tertiary/aromatic N) is 2. The molecule has 2 rings (SSSR count). The van der Waals surface area contributed by atoms with Crippen LogP contribution in [0.2, 0.25) is 0 Å². The third-order valence-corrected chi connectivity index (χ3v) is 4.06. The number of thiazole rings is 1. The molecule has 1 fully saturated rings. The second kappa shape index (κ2) is 5.49. The average Bonchev–Trinajstić information content (AvgIpc) is 2.86. The van der Waals surface area contributed by atoms with Crippen molar-refractivity contribution in [1.29, 1.82) is 0 Å². The maximum Gasteiger partial charge on any atom is 0.345 e. The second-order valence-corrected chi connectivity index (χ2v) is 5.32. The third kappa shape index (κ3) is 2.99. The molecular formula is C10H13N3O5S. The molecule has 9 heteroatoms. The molecule has 8 nitrogen and oxygen atoms in total. The van der Waals surface area contributed by atoms with Crippen molar-refractivity contribution in [3.63, 3.8) is 0 Å². The first-order valence-corrected chi connectivity index (χ1v) is 6.50. The molecule has 2 N–H and O–H groups in total. The number of rotatable bonds is 5. The summed E-state index contributed by atoms with van der Waals surface area (Å²) in [7, 11) is 0. The van der Waals surface area contributed by atoms with E-state index in [1.54, 1.807) is 0 Å².